The maximum Gasteiger partial charge on any atom is 0.326 e. The smallest absolute Gasteiger partial charge is 0.326 e. The van der Waals surface area contributed by atoms with Crippen LogP contribution in [-0.2, 0) is 41.6 Å². The number of hydrogen-bond donors (Lipinski definition) is 14. The lowest BCUT2D eigenvalue weighted by molar-refractivity contribution is -0.142. The molecule has 22 nitrogen and oxygen atoms in total. The molecule has 0 aliphatic heterocycles. The number of rotatable bonds is 24. The lowest BCUT2D eigenvalue weighted by Crippen LogP contribution is -2.58. The summed E-state index contributed by atoms with van der Waals surface area (Å²) in [5.74, 6) is -6.11. The number of phenolic OH excluding ortho intramolecular Hbond substituents is 2. The number of aliphatic hydroxyl groups excluding tert-OH is 1. The molecule has 0 aliphatic rings. The third-order valence-electron chi connectivity index (χ3n) is 8.14. The molecule has 19 N–H and O–H groups in total. The molecule has 57 heavy (non-hydrogen) atoms. The van der Waals surface area contributed by atoms with Crippen LogP contribution in [0.25, 0.3) is 0 Å². The van der Waals surface area contributed by atoms with Crippen molar-refractivity contribution in [3.63, 3.8) is 0 Å². The topological polar surface area (TPSA) is 398 Å². The summed E-state index contributed by atoms with van der Waals surface area (Å²) < 4.78 is 0. The molecular weight excluding hydrogens is 748 g/mol. The Hall–Kier alpha value is -6.68. The first-order valence-corrected chi connectivity index (χ1v) is 17.7. The first-order valence-electron chi connectivity index (χ1n) is 17.7. The summed E-state index contributed by atoms with van der Waals surface area (Å²) in [5.41, 5.74) is 28.4. The number of carboxylic acid groups (broad SMARTS) is 1. The van der Waals surface area contributed by atoms with Gasteiger partial charge in [-0.05, 0) is 61.1 Å². The number of carbonyl (C=O) groups excluding carboxylic acids is 5. The molecule has 5 amide bonds. The number of aromatic hydroxyl groups is 2. The monoisotopic (exact) mass is 800 g/mol. The number of aliphatic carboxylic acids is 1. The Kier molecular flexibility index (Phi) is 19.5. The molecule has 0 radical (unpaired) electrons. The fourth-order valence-corrected chi connectivity index (χ4v) is 5.12. The first kappa shape index (κ1) is 46.5. The van der Waals surface area contributed by atoms with Crippen LogP contribution in [0.4, 0.5) is 0 Å². The van der Waals surface area contributed by atoms with E-state index in [0.717, 1.165) is 0 Å². The first-order chi connectivity index (χ1) is 27.0. The van der Waals surface area contributed by atoms with Crippen molar-refractivity contribution < 1.29 is 49.2 Å². The highest BCUT2D eigenvalue weighted by Crippen LogP contribution is 2.13. The Bertz CT molecular complexity index is 1720. The number of nitrogens with two attached hydrogens (primary N) is 5. The maximum atomic E-state index is 13.3. The Morgan fingerprint density at radius 3 is 1.54 bits per heavy atom. The number of hydrogen-bond acceptors (Lipinski definition) is 12. The van der Waals surface area contributed by atoms with Crippen LogP contribution in [0, 0.1) is 0 Å². The summed E-state index contributed by atoms with van der Waals surface area (Å²) in [7, 11) is 0. The number of guanidine groups is 2. The van der Waals surface area contributed by atoms with E-state index < -0.39 is 78.9 Å². The molecule has 0 heterocycles. The van der Waals surface area contributed by atoms with Gasteiger partial charge in [0.1, 0.15) is 35.7 Å². The Labute approximate surface area is 327 Å². The van der Waals surface area contributed by atoms with Crippen LogP contribution < -0.4 is 55.3 Å². The summed E-state index contributed by atoms with van der Waals surface area (Å²) in [6, 6.07) is 4.77. The number of aliphatic hydroxyl groups is 1. The highest BCUT2D eigenvalue weighted by molar-refractivity contribution is 5.95. The predicted octanol–water partition coefficient (Wildman–Crippen LogP) is -4.55. The zero-order valence-corrected chi connectivity index (χ0v) is 31.1. The van der Waals surface area contributed by atoms with Gasteiger partial charge in [-0.2, -0.15) is 0 Å². The van der Waals surface area contributed by atoms with Gasteiger partial charge in [0.2, 0.25) is 29.5 Å². The van der Waals surface area contributed by atoms with E-state index in [-0.39, 0.29) is 68.6 Å². The zero-order valence-electron chi connectivity index (χ0n) is 31.1. The van der Waals surface area contributed by atoms with Crippen molar-refractivity contribution in [3.05, 3.63) is 59.7 Å². The molecule has 22 heteroatoms. The van der Waals surface area contributed by atoms with E-state index in [1.165, 1.54) is 48.5 Å². The summed E-state index contributed by atoms with van der Waals surface area (Å²) in [6.07, 6.45) is 0.390. The van der Waals surface area contributed by atoms with Crippen LogP contribution in [0.2, 0.25) is 0 Å². The average molecular weight is 801 g/mol. The van der Waals surface area contributed by atoms with Gasteiger partial charge in [-0.1, -0.05) is 24.3 Å². The van der Waals surface area contributed by atoms with Crippen molar-refractivity contribution >= 4 is 47.4 Å². The van der Waals surface area contributed by atoms with E-state index in [1.54, 1.807) is 0 Å². The second kappa shape index (κ2) is 24.0. The molecular formula is C35H52N12O10. The third kappa shape index (κ3) is 18.0. The Morgan fingerprint density at radius 2 is 1.05 bits per heavy atom. The molecule has 2 aromatic rings. The molecule has 0 bridgehead atoms. The zero-order chi connectivity index (χ0) is 42.5. The summed E-state index contributed by atoms with van der Waals surface area (Å²) >= 11 is 0. The number of phenols is 2. The minimum Gasteiger partial charge on any atom is -0.508 e. The predicted molar refractivity (Wildman–Crippen MR) is 207 cm³/mol. The minimum atomic E-state index is -1.63. The van der Waals surface area contributed by atoms with E-state index >= 15 is 0 Å². The quantitative estimate of drug-likeness (QED) is 0.0270. The van der Waals surface area contributed by atoms with Crippen molar-refractivity contribution in [2.24, 2.45) is 38.7 Å². The van der Waals surface area contributed by atoms with E-state index in [0.29, 0.717) is 17.5 Å². The van der Waals surface area contributed by atoms with Crippen LogP contribution in [-0.4, -0.2) is 124 Å². The van der Waals surface area contributed by atoms with Crippen LogP contribution in [0.3, 0.4) is 0 Å². The molecule has 2 aromatic carbocycles. The number of carbonyl (C=O) groups is 6. The number of nitrogens with zero attached hydrogens (tertiary/aromatic N) is 2. The van der Waals surface area contributed by atoms with E-state index in [2.05, 4.69) is 36.6 Å². The Balaban J connectivity index is 2.11. The summed E-state index contributed by atoms with van der Waals surface area (Å²) in [4.78, 5) is 85.3. The summed E-state index contributed by atoms with van der Waals surface area (Å²) in [6.45, 7) is -1.37. The fraction of sp³-hybridized carbons (Fsp3) is 0.429. The molecule has 0 aromatic heterocycles. The average Bonchev–Trinajstić information content (AvgIpc) is 3.16. The van der Waals surface area contributed by atoms with Gasteiger partial charge in [-0.3, -0.25) is 34.0 Å². The van der Waals surface area contributed by atoms with Crippen molar-refractivity contribution in [1.82, 2.24) is 26.6 Å². The molecule has 0 saturated heterocycles. The molecule has 0 fully saturated rings. The molecule has 0 spiro atoms. The van der Waals surface area contributed by atoms with Crippen LogP contribution in [0.15, 0.2) is 58.5 Å². The SMILES string of the molecule is NC(N)=NCCC[C@H](NC(=O)[C@H](CO)NC(=O)CNC(=O)[C@H](Cc1ccc(O)cc1)NC(=O)[C@@H](N)CCCN=C(N)N)C(=O)N[C@@H](Cc1ccc(O)cc1)C(=O)O. The fourth-order valence-electron chi connectivity index (χ4n) is 5.12. The highest BCUT2D eigenvalue weighted by atomic mass is 16.4. The second-order valence-corrected chi connectivity index (χ2v) is 12.8. The van der Waals surface area contributed by atoms with E-state index in [4.69, 9.17) is 28.7 Å². The maximum absolute atomic E-state index is 13.3. The van der Waals surface area contributed by atoms with Crippen molar-refractivity contribution in [2.75, 3.05) is 26.2 Å². The van der Waals surface area contributed by atoms with Gasteiger partial charge in [0.05, 0.1) is 19.2 Å². The van der Waals surface area contributed by atoms with Crippen molar-refractivity contribution in [3.8, 4) is 11.5 Å². The lowest BCUT2D eigenvalue weighted by Gasteiger charge is -2.24. The number of benzene rings is 2. The lowest BCUT2D eigenvalue weighted by atomic mass is 10.0. The number of carboxylic acids is 1. The molecule has 0 unspecified atom stereocenters. The standard InChI is InChI=1S/C35H52N12O10/c36-23(3-1-13-41-34(37)38)29(52)46-25(15-19-5-9-21(49)10-6-19)30(53)43-17-28(51)44-27(18-48)32(55)45-24(4-2-14-42-35(39)40)31(54)47-26(33(56)57)16-20-7-11-22(50)12-8-20/h5-12,23-27,48-50H,1-4,13-18,36H2,(H,43,53)(H,44,51)(H,45,55)(H,46,52)(H,47,54)(H,56,57)(H4,37,38,41)(H4,39,40,42)/t23-,24-,25-,26-,27-/m0/s1. The highest BCUT2D eigenvalue weighted by Gasteiger charge is 2.30. The van der Waals surface area contributed by atoms with Crippen molar-refractivity contribution in [1.29, 1.82) is 0 Å². The van der Waals surface area contributed by atoms with E-state index in [9.17, 15) is 49.2 Å². The molecule has 2 rings (SSSR count). The van der Waals surface area contributed by atoms with Gasteiger partial charge >= 0.3 is 5.97 Å². The number of nitrogens with one attached hydrogen (secondary N) is 5. The Morgan fingerprint density at radius 1 is 0.596 bits per heavy atom. The van der Waals surface area contributed by atoms with Gasteiger partial charge in [0.15, 0.2) is 11.9 Å². The van der Waals surface area contributed by atoms with Gasteiger partial charge in [0, 0.05) is 25.9 Å². The van der Waals surface area contributed by atoms with Gasteiger partial charge in [0.25, 0.3) is 0 Å². The normalized spacial score (nSPS) is 13.3. The minimum absolute atomic E-state index is 0.0290. The molecule has 0 aliphatic carbocycles. The van der Waals surface area contributed by atoms with E-state index in [1.807, 2.05) is 0 Å². The second-order valence-electron chi connectivity index (χ2n) is 12.8. The van der Waals surface area contributed by atoms with Crippen LogP contribution in [0.5, 0.6) is 11.5 Å². The van der Waals surface area contributed by atoms with Gasteiger partial charge in [-0.25, -0.2) is 4.79 Å². The van der Waals surface area contributed by atoms with Crippen LogP contribution >= 0.6 is 0 Å². The largest absolute Gasteiger partial charge is 0.508 e. The molecule has 312 valence electrons. The van der Waals surface area contributed by atoms with Crippen molar-refractivity contribution in [2.45, 2.75) is 68.7 Å². The summed E-state index contributed by atoms with van der Waals surface area (Å²) in [5, 5.41) is 50.9. The number of aliphatic imine (C=N–C) groups is 2. The molecule has 0 saturated carbocycles. The molecule has 5 atom stereocenters. The third-order valence-corrected chi connectivity index (χ3v) is 8.14. The van der Waals surface area contributed by atoms with Gasteiger partial charge < -0.3 is 75.7 Å². The van der Waals surface area contributed by atoms with Gasteiger partial charge in [-0.15, -0.1) is 0 Å². The van der Waals surface area contributed by atoms with Crippen LogP contribution in [0.1, 0.15) is 36.8 Å². The number of amides is 5.